The normalized spacial score (nSPS) is 10.2. The van der Waals surface area contributed by atoms with Gasteiger partial charge < -0.3 is 10.2 Å². The van der Waals surface area contributed by atoms with Crippen LogP contribution in [-0.4, -0.2) is 29.6 Å². The minimum Gasteiger partial charge on any atom is -0.363 e. The highest BCUT2D eigenvalue weighted by Gasteiger charge is 2.12. The molecule has 0 aliphatic heterocycles. The molecule has 78 valence electrons. The van der Waals surface area contributed by atoms with Crippen molar-refractivity contribution in [1.29, 1.82) is 0 Å². The lowest BCUT2D eigenvalue weighted by molar-refractivity contribution is 0.341. The molecule has 1 N–H and O–H groups in total. The minimum atomic E-state index is 0.580. The van der Waals surface area contributed by atoms with Gasteiger partial charge in [-0.05, 0) is 31.5 Å². The molecule has 0 saturated heterocycles. The first-order chi connectivity index (χ1) is 6.17. The summed E-state index contributed by atoms with van der Waals surface area (Å²) in [6.45, 7) is 7.52. The molecule has 0 aliphatic carbocycles. The van der Waals surface area contributed by atoms with Crippen LogP contribution in [0.1, 0.15) is 40.0 Å². The summed E-state index contributed by atoms with van der Waals surface area (Å²) in [5.74, 6) is 0. The van der Waals surface area contributed by atoms with Crippen molar-refractivity contribution in [3.63, 3.8) is 0 Å². The van der Waals surface area contributed by atoms with Crippen LogP contribution < -0.4 is 5.32 Å². The van der Waals surface area contributed by atoms with Crippen LogP contribution in [-0.2, 0) is 0 Å². The second-order valence-corrected chi connectivity index (χ2v) is 3.70. The molecule has 0 radical (unpaired) electrons. The van der Waals surface area contributed by atoms with E-state index in [-0.39, 0.29) is 0 Å². The van der Waals surface area contributed by atoms with E-state index in [1.807, 2.05) is 0 Å². The van der Waals surface area contributed by atoms with Crippen LogP contribution in [0.2, 0.25) is 0 Å². The molecule has 0 aromatic rings. The van der Waals surface area contributed by atoms with Crippen molar-refractivity contribution >= 4 is 17.3 Å². The fourth-order valence-electron chi connectivity index (χ4n) is 1.36. The van der Waals surface area contributed by atoms with Gasteiger partial charge in [-0.1, -0.05) is 20.8 Å². The first-order valence-electron chi connectivity index (χ1n) is 5.17. The maximum atomic E-state index is 5.27. The fraction of sp³-hybridized carbons (Fsp3) is 0.900. The van der Waals surface area contributed by atoms with E-state index in [4.69, 9.17) is 12.2 Å². The number of thiocarbonyl (C=S) groups is 1. The SMILES string of the molecule is CCCNC(=S)N(C)C(CC)CC. The van der Waals surface area contributed by atoms with Gasteiger partial charge in [0.2, 0.25) is 0 Å². The summed E-state index contributed by atoms with van der Waals surface area (Å²) in [6, 6.07) is 0.580. The maximum absolute atomic E-state index is 5.27. The van der Waals surface area contributed by atoms with Gasteiger partial charge in [0, 0.05) is 19.6 Å². The lowest BCUT2D eigenvalue weighted by Crippen LogP contribution is -2.43. The third-order valence-corrected chi connectivity index (χ3v) is 2.77. The smallest absolute Gasteiger partial charge is 0.168 e. The van der Waals surface area contributed by atoms with Gasteiger partial charge in [0.1, 0.15) is 0 Å². The van der Waals surface area contributed by atoms with Crippen molar-refractivity contribution in [3.8, 4) is 0 Å². The van der Waals surface area contributed by atoms with E-state index in [1.165, 1.54) is 0 Å². The van der Waals surface area contributed by atoms with Gasteiger partial charge >= 0.3 is 0 Å². The second-order valence-electron chi connectivity index (χ2n) is 3.31. The van der Waals surface area contributed by atoms with E-state index < -0.39 is 0 Å². The Morgan fingerprint density at radius 1 is 1.31 bits per heavy atom. The third-order valence-electron chi connectivity index (χ3n) is 2.34. The fourth-order valence-corrected chi connectivity index (χ4v) is 1.61. The molecule has 0 aromatic carbocycles. The Hall–Kier alpha value is -0.310. The van der Waals surface area contributed by atoms with Gasteiger partial charge in [0.25, 0.3) is 0 Å². The first kappa shape index (κ1) is 12.7. The molecule has 0 bridgehead atoms. The standard InChI is InChI=1S/C10H22N2S/c1-5-8-11-10(13)12(4)9(6-2)7-3/h9H,5-8H2,1-4H3,(H,11,13). The summed E-state index contributed by atoms with van der Waals surface area (Å²) in [5.41, 5.74) is 0. The topological polar surface area (TPSA) is 15.3 Å². The molecule has 0 spiro atoms. The van der Waals surface area contributed by atoms with Crippen molar-refractivity contribution in [1.82, 2.24) is 10.2 Å². The van der Waals surface area contributed by atoms with Gasteiger partial charge in [-0.15, -0.1) is 0 Å². The molecular formula is C10H22N2S. The van der Waals surface area contributed by atoms with Crippen LogP contribution >= 0.6 is 12.2 Å². The molecule has 0 heterocycles. The van der Waals surface area contributed by atoms with Crippen LogP contribution in [0.15, 0.2) is 0 Å². The van der Waals surface area contributed by atoms with Crippen LogP contribution in [0.4, 0.5) is 0 Å². The zero-order valence-corrected chi connectivity index (χ0v) is 10.1. The quantitative estimate of drug-likeness (QED) is 0.689. The molecule has 0 saturated carbocycles. The lowest BCUT2D eigenvalue weighted by atomic mass is 10.1. The number of nitrogens with zero attached hydrogens (tertiary/aromatic N) is 1. The van der Waals surface area contributed by atoms with E-state index in [2.05, 4.69) is 38.0 Å². The molecule has 13 heavy (non-hydrogen) atoms. The van der Waals surface area contributed by atoms with Crippen molar-refractivity contribution in [2.75, 3.05) is 13.6 Å². The summed E-state index contributed by atoms with van der Waals surface area (Å²) in [5, 5.41) is 4.12. The summed E-state index contributed by atoms with van der Waals surface area (Å²) >= 11 is 5.27. The molecule has 0 atom stereocenters. The van der Waals surface area contributed by atoms with Crippen molar-refractivity contribution in [2.45, 2.75) is 46.1 Å². The number of hydrogen-bond donors (Lipinski definition) is 1. The Balaban J connectivity index is 3.91. The van der Waals surface area contributed by atoms with Crippen LogP contribution in [0, 0.1) is 0 Å². The van der Waals surface area contributed by atoms with E-state index in [0.717, 1.165) is 30.9 Å². The highest BCUT2D eigenvalue weighted by atomic mass is 32.1. The average molecular weight is 202 g/mol. The molecular weight excluding hydrogens is 180 g/mol. The lowest BCUT2D eigenvalue weighted by Gasteiger charge is -2.28. The monoisotopic (exact) mass is 202 g/mol. The number of nitrogens with one attached hydrogen (secondary N) is 1. The summed E-state index contributed by atoms with van der Waals surface area (Å²) in [6.07, 6.45) is 3.43. The molecule has 0 amide bonds. The van der Waals surface area contributed by atoms with Crippen molar-refractivity contribution < 1.29 is 0 Å². The number of rotatable bonds is 5. The van der Waals surface area contributed by atoms with Gasteiger partial charge in [-0.25, -0.2) is 0 Å². The molecule has 0 fully saturated rings. The summed E-state index contributed by atoms with van der Waals surface area (Å²) in [4.78, 5) is 2.17. The van der Waals surface area contributed by atoms with E-state index >= 15 is 0 Å². The van der Waals surface area contributed by atoms with Crippen LogP contribution in [0.3, 0.4) is 0 Å². The Labute approximate surface area is 87.7 Å². The van der Waals surface area contributed by atoms with Crippen LogP contribution in [0.5, 0.6) is 0 Å². The summed E-state index contributed by atoms with van der Waals surface area (Å²) < 4.78 is 0. The maximum Gasteiger partial charge on any atom is 0.168 e. The Bertz CT molecular complexity index is 144. The Kier molecular flexibility index (Phi) is 6.96. The zero-order chi connectivity index (χ0) is 10.3. The molecule has 0 aliphatic rings. The predicted octanol–water partition coefficient (Wildman–Crippen LogP) is 2.39. The van der Waals surface area contributed by atoms with Gasteiger partial charge in [0.15, 0.2) is 5.11 Å². The largest absolute Gasteiger partial charge is 0.363 e. The van der Waals surface area contributed by atoms with Gasteiger partial charge in [0.05, 0.1) is 0 Å². The van der Waals surface area contributed by atoms with E-state index in [9.17, 15) is 0 Å². The highest BCUT2D eigenvalue weighted by Crippen LogP contribution is 2.05. The zero-order valence-electron chi connectivity index (χ0n) is 9.26. The highest BCUT2D eigenvalue weighted by molar-refractivity contribution is 7.80. The molecule has 0 aromatic heterocycles. The molecule has 0 unspecified atom stereocenters. The van der Waals surface area contributed by atoms with Crippen LogP contribution in [0.25, 0.3) is 0 Å². The minimum absolute atomic E-state index is 0.580. The van der Waals surface area contributed by atoms with E-state index in [0.29, 0.717) is 6.04 Å². The molecule has 3 heteroatoms. The summed E-state index contributed by atoms with van der Waals surface area (Å²) in [7, 11) is 2.07. The average Bonchev–Trinajstić information content (AvgIpc) is 2.15. The Morgan fingerprint density at radius 2 is 1.85 bits per heavy atom. The first-order valence-corrected chi connectivity index (χ1v) is 5.58. The van der Waals surface area contributed by atoms with Gasteiger partial charge in [-0.3, -0.25) is 0 Å². The van der Waals surface area contributed by atoms with Crippen molar-refractivity contribution in [2.24, 2.45) is 0 Å². The third kappa shape index (κ3) is 4.46. The number of hydrogen-bond acceptors (Lipinski definition) is 1. The van der Waals surface area contributed by atoms with Gasteiger partial charge in [-0.2, -0.15) is 0 Å². The molecule has 2 nitrogen and oxygen atoms in total. The second kappa shape index (κ2) is 7.13. The van der Waals surface area contributed by atoms with Crippen molar-refractivity contribution in [3.05, 3.63) is 0 Å². The van der Waals surface area contributed by atoms with E-state index in [1.54, 1.807) is 0 Å². The predicted molar refractivity (Wildman–Crippen MR) is 63.0 cm³/mol. The Morgan fingerprint density at radius 3 is 2.23 bits per heavy atom. The molecule has 0 rings (SSSR count).